The minimum Gasteiger partial charge on any atom is -0.496 e. The number of carbonyl (C=O) groups excluding carboxylic acids is 1. The molecule has 2 nitrogen and oxygen atoms in total. The summed E-state index contributed by atoms with van der Waals surface area (Å²) in [6.07, 6.45) is 0. The third kappa shape index (κ3) is 2.70. The summed E-state index contributed by atoms with van der Waals surface area (Å²) < 4.78 is 6.09. The first-order valence-corrected chi connectivity index (χ1v) is 6.74. The molecule has 5 heteroatoms. The molecular formula is C12H8BrClO2S. The molecule has 1 aromatic carbocycles. The van der Waals surface area contributed by atoms with Gasteiger partial charge in [-0.25, -0.2) is 0 Å². The fourth-order valence-electron chi connectivity index (χ4n) is 1.42. The Kier molecular flexibility index (Phi) is 3.86. The van der Waals surface area contributed by atoms with E-state index in [0.29, 0.717) is 21.2 Å². The molecule has 0 amide bonds. The van der Waals surface area contributed by atoms with Crippen LogP contribution in [-0.4, -0.2) is 12.9 Å². The lowest BCUT2D eigenvalue weighted by Gasteiger charge is -2.06. The van der Waals surface area contributed by atoms with Gasteiger partial charge in [0.05, 0.1) is 21.3 Å². The Hall–Kier alpha value is -0.840. The van der Waals surface area contributed by atoms with E-state index in [-0.39, 0.29) is 5.78 Å². The standard InChI is InChI=1S/C12H8BrClO2S/c1-16-9-6-7(14)2-3-8(9)12(15)10-4-5-11(13)17-10/h2-6H,1H3. The zero-order valence-corrected chi connectivity index (χ0v) is 12.0. The molecule has 2 aromatic rings. The highest BCUT2D eigenvalue weighted by Crippen LogP contribution is 2.29. The predicted octanol–water partition coefficient (Wildman–Crippen LogP) is 4.40. The van der Waals surface area contributed by atoms with E-state index in [1.54, 1.807) is 24.3 Å². The number of hydrogen-bond donors (Lipinski definition) is 0. The molecule has 0 aliphatic heterocycles. The quantitative estimate of drug-likeness (QED) is 0.779. The SMILES string of the molecule is COc1cc(Cl)ccc1C(=O)c1ccc(Br)s1. The van der Waals surface area contributed by atoms with Crippen LogP contribution in [0.4, 0.5) is 0 Å². The van der Waals surface area contributed by atoms with Gasteiger partial charge in [0.15, 0.2) is 0 Å². The van der Waals surface area contributed by atoms with Crippen molar-refractivity contribution in [1.82, 2.24) is 0 Å². The van der Waals surface area contributed by atoms with Crippen molar-refractivity contribution >= 4 is 44.7 Å². The number of ketones is 1. The maximum absolute atomic E-state index is 12.2. The molecule has 0 spiro atoms. The van der Waals surface area contributed by atoms with E-state index in [9.17, 15) is 4.79 Å². The Morgan fingerprint density at radius 1 is 1.35 bits per heavy atom. The van der Waals surface area contributed by atoms with Crippen LogP contribution in [0.1, 0.15) is 15.2 Å². The number of methoxy groups -OCH3 is 1. The van der Waals surface area contributed by atoms with E-state index >= 15 is 0 Å². The molecular weight excluding hydrogens is 324 g/mol. The molecule has 1 aromatic heterocycles. The van der Waals surface area contributed by atoms with Crippen molar-refractivity contribution in [2.75, 3.05) is 7.11 Å². The minimum absolute atomic E-state index is 0.0609. The van der Waals surface area contributed by atoms with Crippen molar-refractivity contribution < 1.29 is 9.53 Å². The first-order chi connectivity index (χ1) is 8.11. The van der Waals surface area contributed by atoms with E-state index in [4.69, 9.17) is 16.3 Å². The number of thiophene rings is 1. The Bertz CT molecular complexity index is 565. The van der Waals surface area contributed by atoms with Gasteiger partial charge in [-0.1, -0.05) is 11.6 Å². The fourth-order valence-corrected chi connectivity index (χ4v) is 2.92. The van der Waals surface area contributed by atoms with Gasteiger partial charge in [-0.05, 0) is 46.3 Å². The van der Waals surface area contributed by atoms with Gasteiger partial charge in [0.25, 0.3) is 0 Å². The van der Waals surface area contributed by atoms with Gasteiger partial charge in [-0.15, -0.1) is 11.3 Å². The normalized spacial score (nSPS) is 10.3. The van der Waals surface area contributed by atoms with Gasteiger partial charge in [0.2, 0.25) is 5.78 Å². The van der Waals surface area contributed by atoms with Crippen molar-refractivity contribution in [3.63, 3.8) is 0 Å². The molecule has 1 heterocycles. The molecule has 0 aliphatic carbocycles. The smallest absolute Gasteiger partial charge is 0.206 e. The summed E-state index contributed by atoms with van der Waals surface area (Å²) in [5.74, 6) is 0.432. The van der Waals surface area contributed by atoms with Crippen LogP contribution in [-0.2, 0) is 0 Å². The second kappa shape index (κ2) is 5.21. The lowest BCUT2D eigenvalue weighted by molar-refractivity contribution is 0.103. The molecule has 0 unspecified atom stereocenters. The van der Waals surface area contributed by atoms with Crippen LogP contribution in [0, 0.1) is 0 Å². The lowest BCUT2D eigenvalue weighted by Crippen LogP contribution is -2.01. The number of hydrogen-bond acceptors (Lipinski definition) is 3. The largest absolute Gasteiger partial charge is 0.496 e. The van der Waals surface area contributed by atoms with E-state index in [0.717, 1.165) is 3.79 Å². The van der Waals surface area contributed by atoms with Gasteiger partial charge in [-0.3, -0.25) is 4.79 Å². The average molecular weight is 332 g/mol. The maximum atomic E-state index is 12.2. The summed E-state index contributed by atoms with van der Waals surface area (Å²) in [4.78, 5) is 12.9. The molecule has 0 N–H and O–H groups in total. The van der Waals surface area contributed by atoms with Crippen LogP contribution in [0.3, 0.4) is 0 Å². The van der Waals surface area contributed by atoms with Gasteiger partial charge >= 0.3 is 0 Å². The van der Waals surface area contributed by atoms with Crippen LogP contribution in [0.25, 0.3) is 0 Å². The van der Waals surface area contributed by atoms with Gasteiger partial charge in [-0.2, -0.15) is 0 Å². The molecule has 0 bridgehead atoms. The molecule has 0 saturated carbocycles. The van der Waals surface area contributed by atoms with Crippen molar-refractivity contribution in [3.8, 4) is 5.75 Å². The van der Waals surface area contributed by atoms with E-state index in [2.05, 4.69) is 15.9 Å². The van der Waals surface area contributed by atoms with Crippen molar-refractivity contribution in [2.45, 2.75) is 0 Å². The second-order valence-electron chi connectivity index (χ2n) is 3.28. The highest BCUT2D eigenvalue weighted by atomic mass is 79.9. The molecule has 0 atom stereocenters. The van der Waals surface area contributed by atoms with Crippen molar-refractivity contribution in [3.05, 3.63) is 49.6 Å². The second-order valence-corrected chi connectivity index (χ2v) is 6.18. The lowest BCUT2D eigenvalue weighted by atomic mass is 10.1. The summed E-state index contributed by atoms with van der Waals surface area (Å²) in [5.41, 5.74) is 0.520. The van der Waals surface area contributed by atoms with Gasteiger partial charge in [0.1, 0.15) is 5.75 Å². The number of ether oxygens (including phenoxy) is 1. The Morgan fingerprint density at radius 3 is 2.71 bits per heavy atom. The van der Waals surface area contributed by atoms with Crippen molar-refractivity contribution in [2.24, 2.45) is 0 Å². The topological polar surface area (TPSA) is 26.3 Å². The van der Waals surface area contributed by atoms with Crippen LogP contribution in [0.5, 0.6) is 5.75 Å². The highest BCUT2D eigenvalue weighted by molar-refractivity contribution is 9.11. The molecule has 0 fully saturated rings. The summed E-state index contributed by atoms with van der Waals surface area (Å²) in [5, 5.41) is 0.547. The first kappa shape index (κ1) is 12.6. The van der Waals surface area contributed by atoms with Crippen LogP contribution in [0.2, 0.25) is 5.02 Å². The third-order valence-corrected chi connectivity index (χ3v) is 4.06. The monoisotopic (exact) mass is 330 g/mol. The molecule has 2 rings (SSSR count). The predicted molar refractivity (Wildman–Crippen MR) is 73.5 cm³/mol. The number of benzene rings is 1. The first-order valence-electron chi connectivity index (χ1n) is 4.75. The molecule has 17 heavy (non-hydrogen) atoms. The summed E-state index contributed by atoms with van der Waals surface area (Å²) in [6, 6.07) is 8.62. The third-order valence-electron chi connectivity index (χ3n) is 2.21. The Balaban J connectivity index is 2.43. The summed E-state index contributed by atoms with van der Waals surface area (Å²) in [7, 11) is 1.52. The maximum Gasteiger partial charge on any atom is 0.206 e. The Labute approximate surface area is 116 Å². The number of halogens is 2. The molecule has 0 aliphatic rings. The minimum atomic E-state index is -0.0609. The van der Waals surface area contributed by atoms with E-state index < -0.39 is 0 Å². The van der Waals surface area contributed by atoms with Gasteiger partial charge < -0.3 is 4.74 Å². The van der Waals surface area contributed by atoms with Crippen LogP contribution < -0.4 is 4.74 Å². The van der Waals surface area contributed by atoms with Crippen LogP contribution >= 0.6 is 38.9 Å². The van der Waals surface area contributed by atoms with Crippen molar-refractivity contribution in [1.29, 1.82) is 0 Å². The molecule has 88 valence electrons. The summed E-state index contributed by atoms with van der Waals surface area (Å²) in [6.45, 7) is 0. The summed E-state index contributed by atoms with van der Waals surface area (Å²) >= 11 is 10.6. The van der Waals surface area contributed by atoms with E-state index in [1.165, 1.54) is 18.4 Å². The molecule has 0 saturated heterocycles. The zero-order chi connectivity index (χ0) is 12.4. The number of rotatable bonds is 3. The molecule has 0 radical (unpaired) electrons. The fraction of sp³-hybridized carbons (Fsp3) is 0.0833. The van der Waals surface area contributed by atoms with Crippen LogP contribution in [0.15, 0.2) is 34.1 Å². The van der Waals surface area contributed by atoms with Gasteiger partial charge in [0, 0.05) is 5.02 Å². The highest BCUT2D eigenvalue weighted by Gasteiger charge is 2.16. The number of carbonyl (C=O) groups is 1. The zero-order valence-electron chi connectivity index (χ0n) is 8.87. The van der Waals surface area contributed by atoms with E-state index in [1.807, 2.05) is 6.07 Å². The average Bonchev–Trinajstić information content (AvgIpc) is 2.75. The Morgan fingerprint density at radius 2 is 2.12 bits per heavy atom.